The van der Waals surface area contributed by atoms with Gasteiger partial charge in [0.1, 0.15) is 13.2 Å². The highest BCUT2D eigenvalue weighted by atomic mass is 31.2. The fourth-order valence-corrected chi connectivity index (χ4v) is 7.95. The lowest BCUT2D eigenvalue weighted by molar-refractivity contribution is -0.870. The molecule has 0 aromatic carbocycles. The normalized spacial score (nSPS) is 14.5. The van der Waals surface area contributed by atoms with E-state index in [0.29, 0.717) is 23.9 Å². The summed E-state index contributed by atoms with van der Waals surface area (Å²) in [6, 6.07) is -0.809. The number of unbranched alkanes of at least 4 members (excludes halogenated alkanes) is 26. The lowest BCUT2D eigenvalue weighted by atomic mass is 10.0. The molecule has 0 aliphatic heterocycles. The van der Waals surface area contributed by atoms with Gasteiger partial charge >= 0.3 is 0 Å². The SMILES string of the molecule is CC/C=C\C/C=C\C/C=C\CCCCCCCC(=O)NC(COP(=O)([O-])OCC[N+](C)(C)C)C(O)CCCCCCCCCCCCCCCCCCCCCCCC. The van der Waals surface area contributed by atoms with E-state index in [4.69, 9.17) is 9.05 Å². The third kappa shape index (κ3) is 44.6. The zero-order valence-electron chi connectivity index (χ0n) is 39.5. The van der Waals surface area contributed by atoms with E-state index >= 15 is 0 Å². The number of carbonyl (C=O) groups is 1. The van der Waals surface area contributed by atoms with Crippen LogP contribution in [0.4, 0.5) is 0 Å². The van der Waals surface area contributed by atoms with Crippen molar-refractivity contribution < 1.29 is 32.9 Å². The Labute approximate surface area is 366 Å². The van der Waals surface area contributed by atoms with Gasteiger partial charge < -0.3 is 28.8 Å². The number of amides is 1. The van der Waals surface area contributed by atoms with Crippen molar-refractivity contribution in [1.29, 1.82) is 0 Å². The molecule has 0 aromatic heterocycles. The first-order chi connectivity index (χ1) is 28.5. The first kappa shape index (κ1) is 57.7. The van der Waals surface area contributed by atoms with Crippen LogP contribution in [0.1, 0.15) is 226 Å². The fraction of sp³-hybridized carbons (Fsp3) is 0.860. The summed E-state index contributed by atoms with van der Waals surface area (Å²) in [6.45, 7) is 4.61. The molecule has 0 aliphatic rings. The van der Waals surface area contributed by atoms with E-state index in [-0.39, 0.29) is 19.1 Å². The van der Waals surface area contributed by atoms with Crippen molar-refractivity contribution in [2.45, 2.75) is 238 Å². The van der Waals surface area contributed by atoms with Crippen LogP contribution in [-0.2, 0) is 18.4 Å². The minimum Gasteiger partial charge on any atom is -0.756 e. The van der Waals surface area contributed by atoms with Crippen molar-refractivity contribution >= 4 is 13.7 Å². The van der Waals surface area contributed by atoms with Gasteiger partial charge in [0.25, 0.3) is 7.82 Å². The second-order valence-corrected chi connectivity index (χ2v) is 19.6. The molecule has 1 amide bonds. The van der Waals surface area contributed by atoms with E-state index in [1.54, 1.807) is 0 Å². The second-order valence-electron chi connectivity index (χ2n) is 18.1. The van der Waals surface area contributed by atoms with Crippen molar-refractivity contribution in [3.8, 4) is 0 Å². The Hall–Kier alpha value is -1.28. The number of phosphoric ester groups is 1. The summed E-state index contributed by atoms with van der Waals surface area (Å²) in [6.07, 6.45) is 51.6. The molecular formula is C50H97N2O6P. The van der Waals surface area contributed by atoms with Crippen molar-refractivity contribution in [2.24, 2.45) is 0 Å². The standard InChI is InChI=1S/C50H97N2O6P/c1-6-8-10-12-14-16-18-20-22-23-24-25-26-27-28-30-31-33-35-37-39-41-43-49(53)48(47-58-59(55,56)57-46-45-52(3,4)5)51-50(54)44-42-40-38-36-34-32-29-21-19-17-15-13-11-9-7-2/h9,11,15,17,21,29,48-49,53H,6-8,10,12-14,16,18-20,22-28,30-47H2,1-5H3,(H-,51,54,55,56)/b11-9-,17-15-,29-21-. The zero-order valence-corrected chi connectivity index (χ0v) is 40.4. The summed E-state index contributed by atoms with van der Waals surface area (Å²) >= 11 is 0. The number of phosphoric acid groups is 1. The average molecular weight is 853 g/mol. The minimum absolute atomic E-state index is 0.00810. The predicted molar refractivity (Wildman–Crippen MR) is 251 cm³/mol. The van der Waals surface area contributed by atoms with Crippen LogP contribution < -0.4 is 10.2 Å². The van der Waals surface area contributed by atoms with Gasteiger partial charge in [0.05, 0.1) is 39.9 Å². The minimum atomic E-state index is -4.57. The molecule has 0 saturated carbocycles. The van der Waals surface area contributed by atoms with E-state index in [1.807, 2.05) is 21.1 Å². The summed E-state index contributed by atoms with van der Waals surface area (Å²) in [5.74, 6) is -0.181. The maximum Gasteiger partial charge on any atom is 0.268 e. The number of quaternary nitrogens is 1. The van der Waals surface area contributed by atoms with Crippen LogP contribution >= 0.6 is 7.82 Å². The molecule has 3 unspecified atom stereocenters. The smallest absolute Gasteiger partial charge is 0.268 e. The third-order valence-corrected chi connectivity index (χ3v) is 12.1. The fourth-order valence-electron chi connectivity index (χ4n) is 7.23. The monoisotopic (exact) mass is 853 g/mol. The molecular weight excluding hydrogens is 756 g/mol. The van der Waals surface area contributed by atoms with Crippen molar-refractivity contribution in [3.63, 3.8) is 0 Å². The van der Waals surface area contributed by atoms with Gasteiger partial charge in [0, 0.05) is 6.42 Å². The number of carbonyl (C=O) groups excluding carboxylic acids is 1. The van der Waals surface area contributed by atoms with E-state index < -0.39 is 20.0 Å². The van der Waals surface area contributed by atoms with Crippen LogP contribution in [0, 0.1) is 0 Å². The summed E-state index contributed by atoms with van der Waals surface area (Å²) in [5.41, 5.74) is 0. The molecule has 0 rings (SSSR count). The van der Waals surface area contributed by atoms with Gasteiger partial charge in [-0.2, -0.15) is 0 Å². The predicted octanol–water partition coefficient (Wildman–Crippen LogP) is 13.6. The Kier molecular flexibility index (Phi) is 41.1. The first-order valence-corrected chi connectivity index (χ1v) is 26.3. The quantitative estimate of drug-likeness (QED) is 0.0273. The molecule has 59 heavy (non-hydrogen) atoms. The molecule has 0 bridgehead atoms. The molecule has 0 saturated heterocycles. The van der Waals surface area contributed by atoms with E-state index in [0.717, 1.165) is 77.0 Å². The molecule has 0 aliphatic carbocycles. The number of hydrogen-bond donors (Lipinski definition) is 2. The summed E-state index contributed by atoms with van der Waals surface area (Å²) in [5, 5.41) is 13.9. The van der Waals surface area contributed by atoms with Gasteiger partial charge in [-0.25, -0.2) is 0 Å². The molecule has 8 nitrogen and oxygen atoms in total. The van der Waals surface area contributed by atoms with E-state index in [9.17, 15) is 19.4 Å². The Morgan fingerprint density at radius 3 is 1.51 bits per heavy atom. The Morgan fingerprint density at radius 2 is 1.03 bits per heavy atom. The van der Waals surface area contributed by atoms with Gasteiger partial charge in [-0.3, -0.25) is 9.36 Å². The van der Waals surface area contributed by atoms with Gasteiger partial charge in [-0.05, 0) is 44.9 Å². The van der Waals surface area contributed by atoms with Crippen LogP contribution in [-0.4, -0.2) is 68.5 Å². The van der Waals surface area contributed by atoms with Gasteiger partial charge in [0.15, 0.2) is 0 Å². The largest absolute Gasteiger partial charge is 0.756 e. The Balaban J connectivity index is 4.26. The summed E-state index contributed by atoms with van der Waals surface area (Å²) < 4.78 is 23.3. The van der Waals surface area contributed by atoms with Gasteiger partial charge in [-0.1, -0.05) is 211 Å². The lowest BCUT2D eigenvalue weighted by Gasteiger charge is -2.30. The van der Waals surface area contributed by atoms with Crippen LogP contribution in [0.5, 0.6) is 0 Å². The van der Waals surface area contributed by atoms with E-state index in [1.165, 1.54) is 122 Å². The molecule has 0 radical (unpaired) electrons. The van der Waals surface area contributed by atoms with Gasteiger partial charge in [0.2, 0.25) is 5.91 Å². The highest BCUT2D eigenvalue weighted by Crippen LogP contribution is 2.38. The van der Waals surface area contributed by atoms with Crippen molar-refractivity contribution in [2.75, 3.05) is 40.9 Å². The third-order valence-electron chi connectivity index (χ3n) is 11.1. The molecule has 0 spiro atoms. The van der Waals surface area contributed by atoms with Gasteiger partial charge in [-0.15, -0.1) is 0 Å². The molecule has 9 heteroatoms. The average Bonchev–Trinajstić information content (AvgIpc) is 3.19. The van der Waals surface area contributed by atoms with Crippen molar-refractivity contribution in [1.82, 2.24) is 5.32 Å². The molecule has 0 fully saturated rings. The number of hydrogen-bond acceptors (Lipinski definition) is 6. The van der Waals surface area contributed by atoms with E-state index in [2.05, 4.69) is 55.6 Å². The molecule has 348 valence electrons. The number of nitrogens with one attached hydrogen (secondary N) is 1. The van der Waals surface area contributed by atoms with Crippen LogP contribution in [0.3, 0.4) is 0 Å². The van der Waals surface area contributed by atoms with Crippen LogP contribution in [0.2, 0.25) is 0 Å². The number of rotatable bonds is 45. The number of nitrogens with zero attached hydrogens (tertiary/aromatic N) is 1. The number of likely N-dealkylation sites (N-methyl/N-ethyl adjacent to an activating group) is 1. The summed E-state index contributed by atoms with van der Waals surface area (Å²) in [4.78, 5) is 25.4. The topological polar surface area (TPSA) is 108 Å². The Morgan fingerprint density at radius 1 is 0.610 bits per heavy atom. The van der Waals surface area contributed by atoms with Crippen LogP contribution in [0.15, 0.2) is 36.5 Å². The second kappa shape index (κ2) is 42.0. The summed E-state index contributed by atoms with van der Waals surface area (Å²) in [7, 11) is 1.29. The number of aliphatic hydroxyl groups excluding tert-OH is 1. The number of allylic oxidation sites excluding steroid dienone is 6. The number of aliphatic hydroxyl groups is 1. The lowest BCUT2D eigenvalue weighted by Crippen LogP contribution is -2.46. The first-order valence-electron chi connectivity index (χ1n) is 24.8. The van der Waals surface area contributed by atoms with Crippen molar-refractivity contribution in [3.05, 3.63) is 36.5 Å². The Bertz CT molecular complexity index is 1060. The molecule has 2 N–H and O–H groups in total. The zero-order chi connectivity index (χ0) is 43.6. The molecule has 0 heterocycles. The highest BCUT2D eigenvalue weighted by Gasteiger charge is 2.24. The maximum absolute atomic E-state index is 12.9. The highest BCUT2D eigenvalue weighted by molar-refractivity contribution is 7.45. The molecule has 0 aromatic rings. The van der Waals surface area contributed by atoms with Crippen LogP contribution in [0.25, 0.3) is 0 Å². The molecule has 3 atom stereocenters. The maximum atomic E-state index is 12.9.